The van der Waals surface area contributed by atoms with Gasteiger partial charge in [0.2, 0.25) is 0 Å². The normalized spacial score (nSPS) is 34.3. The Labute approximate surface area is 137 Å². The number of fused-ring (bicyclic) bond motifs is 1. The van der Waals surface area contributed by atoms with Crippen molar-refractivity contribution < 1.29 is 15.3 Å². The molecule has 0 amide bonds. The van der Waals surface area contributed by atoms with E-state index in [0.717, 1.165) is 0 Å². The Hall–Kier alpha value is -1.42. The molecule has 2 heterocycles. The highest BCUT2D eigenvalue weighted by molar-refractivity contribution is 7.98. The van der Waals surface area contributed by atoms with E-state index in [4.69, 9.17) is 5.73 Å². The van der Waals surface area contributed by atoms with Gasteiger partial charge in [0.25, 0.3) is 0 Å². The Balaban J connectivity index is 2.18. The molecule has 1 saturated carbocycles. The van der Waals surface area contributed by atoms with E-state index in [2.05, 4.69) is 15.0 Å². The maximum absolute atomic E-state index is 10.6. The van der Waals surface area contributed by atoms with E-state index in [1.807, 2.05) is 13.2 Å². The molecule has 0 bridgehead atoms. The van der Waals surface area contributed by atoms with E-state index in [1.54, 1.807) is 17.8 Å². The van der Waals surface area contributed by atoms with Crippen LogP contribution in [0.5, 0.6) is 0 Å². The monoisotopic (exact) mass is 339 g/mol. The molecule has 126 valence electrons. The number of nitrogen functional groups attached to an aromatic ring is 1. The average Bonchev–Trinajstić information content (AvgIpc) is 3.03. The molecular formula is C14H21N5O3S. The third kappa shape index (κ3) is 2.22. The minimum Gasteiger partial charge on any atom is -0.396 e. The molecule has 9 heteroatoms. The second-order valence-corrected chi connectivity index (χ2v) is 7.39. The second-order valence-electron chi connectivity index (χ2n) is 6.62. The van der Waals surface area contributed by atoms with E-state index in [1.165, 1.54) is 11.8 Å². The van der Waals surface area contributed by atoms with E-state index in [0.29, 0.717) is 22.7 Å². The Bertz CT molecular complexity index is 753. The number of hydrogen-bond acceptors (Lipinski definition) is 8. The summed E-state index contributed by atoms with van der Waals surface area (Å²) in [4.78, 5) is 12.9. The third-order valence-corrected chi connectivity index (χ3v) is 5.46. The third-order valence-electron chi connectivity index (χ3n) is 4.91. The topological polar surface area (TPSA) is 130 Å². The smallest absolute Gasteiger partial charge is 0.191 e. The van der Waals surface area contributed by atoms with Crippen LogP contribution in [-0.2, 0) is 5.54 Å². The fourth-order valence-corrected chi connectivity index (χ4v) is 3.86. The van der Waals surface area contributed by atoms with Gasteiger partial charge in [-0.15, -0.1) is 0 Å². The fraction of sp³-hybridized carbons (Fsp3) is 0.643. The van der Waals surface area contributed by atoms with Crippen LogP contribution in [0, 0.1) is 5.41 Å². The number of hydrogen-bond donors (Lipinski definition) is 4. The summed E-state index contributed by atoms with van der Waals surface area (Å²) in [5.74, 6) is 0.277. The summed E-state index contributed by atoms with van der Waals surface area (Å²) < 4.78 is 1.73. The first-order valence-electron chi connectivity index (χ1n) is 7.29. The number of aromatic nitrogens is 4. The summed E-state index contributed by atoms with van der Waals surface area (Å²) in [5, 5.41) is 31.1. The Morgan fingerprint density at radius 2 is 2.04 bits per heavy atom. The second kappa shape index (κ2) is 5.30. The molecular weight excluding hydrogens is 318 g/mol. The molecule has 0 radical (unpaired) electrons. The SMILES string of the molecule is CSc1nc(N)c2ncn([C@]3(C)C[C@](C)(CO)[C@@H](O)[C@H]3O)c2n1. The fourth-order valence-electron chi connectivity index (χ4n) is 3.49. The van der Waals surface area contributed by atoms with Crippen LogP contribution in [0.15, 0.2) is 11.5 Å². The van der Waals surface area contributed by atoms with Crippen molar-refractivity contribution in [3.63, 3.8) is 0 Å². The Kier molecular flexibility index (Phi) is 3.79. The highest BCUT2D eigenvalue weighted by Gasteiger charge is 2.57. The molecule has 2 aromatic rings. The maximum Gasteiger partial charge on any atom is 0.191 e. The van der Waals surface area contributed by atoms with Gasteiger partial charge < -0.3 is 25.6 Å². The van der Waals surface area contributed by atoms with Crippen LogP contribution >= 0.6 is 11.8 Å². The number of aliphatic hydroxyl groups is 3. The molecule has 0 aliphatic heterocycles. The maximum atomic E-state index is 10.6. The molecule has 2 aromatic heterocycles. The molecule has 0 unspecified atom stereocenters. The van der Waals surface area contributed by atoms with Crippen LogP contribution in [0.2, 0.25) is 0 Å². The van der Waals surface area contributed by atoms with E-state index < -0.39 is 23.2 Å². The van der Waals surface area contributed by atoms with Gasteiger partial charge >= 0.3 is 0 Å². The summed E-state index contributed by atoms with van der Waals surface area (Å²) >= 11 is 1.36. The minimum absolute atomic E-state index is 0.222. The van der Waals surface area contributed by atoms with Gasteiger partial charge in [0, 0.05) is 5.41 Å². The van der Waals surface area contributed by atoms with Crippen molar-refractivity contribution in [2.45, 2.75) is 43.2 Å². The van der Waals surface area contributed by atoms with Crippen LogP contribution < -0.4 is 5.73 Å². The van der Waals surface area contributed by atoms with E-state index in [9.17, 15) is 15.3 Å². The van der Waals surface area contributed by atoms with Crippen molar-refractivity contribution in [1.29, 1.82) is 0 Å². The molecule has 1 fully saturated rings. The zero-order valence-corrected chi connectivity index (χ0v) is 14.1. The van der Waals surface area contributed by atoms with Crippen molar-refractivity contribution >= 4 is 28.7 Å². The summed E-state index contributed by atoms with van der Waals surface area (Å²) in [5.41, 5.74) is 5.25. The van der Waals surface area contributed by atoms with Crippen LogP contribution in [0.25, 0.3) is 11.2 Å². The summed E-state index contributed by atoms with van der Waals surface area (Å²) in [6, 6.07) is 0. The van der Waals surface area contributed by atoms with E-state index in [-0.39, 0.29) is 12.4 Å². The van der Waals surface area contributed by atoms with Gasteiger partial charge in [0.15, 0.2) is 16.6 Å². The van der Waals surface area contributed by atoms with Crippen molar-refractivity contribution in [3.05, 3.63) is 6.33 Å². The van der Waals surface area contributed by atoms with Gasteiger partial charge in [-0.2, -0.15) is 0 Å². The molecule has 3 rings (SSSR count). The first-order chi connectivity index (χ1) is 10.8. The van der Waals surface area contributed by atoms with Crippen molar-refractivity contribution in [2.75, 3.05) is 18.6 Å². The number of nitrogens with two attached hydrogens (primary N) is 1. The number of thioether (sulfide) groups is 1. The largest absolute Gasteiger partial charge is 0.396 e. The molecule has 0 aromatic carbocycles. The number of nitrogens with zero attached hydrogens (tertiary/aromatic N) is 4. The number of aliphatic hydroxyl groups excluding tert-OH is 3. The summed E-state index contributed by atoms with van der Waals surface area (Å²) in [6.07, 6.45) is 1.67. The highest BCUT2D eigenvalue weighted by Crippen LogP contribution is 2.48. The number of rotatable bonds is 3. The molecule has 4 atom stereocenters. The molecule has 5 N–H and O–H groups in total. The standard InChI is InChI=1S/C14H21N5O3S/c1-13(5-20)4-14(2,9(22)8(13)21)19-6-16-7-10(15)17-12(23-3)18-11(7)19/h6,8-9,20-22H,4-5H2,1-3H3,(H2,15,17,18)/t8-,9+,13+,14+/m0/s1. The van der Waals surface area contributed by atoms with Crippen LogP contribution in [0.3, 0.4) is 0 Å². The van der Waals surface area contributed by atoms with Crippen LogP contribution in [0.1, 0.15) is 20.3 Å². The summed E-state index contributed by atoms with van der Waals surface area (Å²) in [7, 11) is 0. The lowest BCUT2D eigenvalue weighted by atomic mass is 9.85. The quantitative estimate of drug-likeness (QED) is 0.453. The van der Waals surface area contributed by atoms with Gasteiger partial charge in [-0.25, -0.2) is 15.0 Å². The van der Waals surface area contributed by atoms with Crippen molar-refractivity contribution in [1.82, 2.24) is 19.5 Å². The van der Waals surface area contributed by atoms with Crippen LogP contribution in [0.4, 0.5) is 5.82 Å². The van der Waals surface area contributed by atoms with Gasteiger partial charge in [-0.3, -0.25) is 0 Å². The number of anilines is 1. The molecule has 8 nitrogen and oxygen atoms in total. The molecule has 0 spiro atoms. The zero-order chi connectivity index (χ0) is 17.0. The predicted octanol–water partition coefficient (Wildman–Crippen LogP) is -0.0303. The van der Waals surface area contributed by atoms with Gasteiger partial charge in [-0.05, 0) is 19.6 Å². The molecule has 1 aliphatic carbocycles. The lowest BCUT2D eigenvalue weighted by Crippen LogP contribution is -2.42. The first-order valence-corrected chi connectivity index (χ1v) is 8.51. The van der Waals surface area contributed by atoms with Gasteiger partial charge in [0.1, 0.15) is 11.6 Å². The summed E-state index contributed by atoms with van der Waals surface area (Å²) in [6.45, 7) is 3.35. The van der Waals surface area contributed by atoms with Crippen LogP contribution in [-0.4, -0.2) is 59.9 Å². The lowest BCUT2D eigenvalue weighted by molar-refractivity contribution is -0.0495. The minimum atomic E-state index is -1.06. The molecule has 0 saturated heterocycles. The zero-order valence-electron chi connectivity index (χ0n) is 13.3. The molecule has 23 heavy (non-hydrogen) atoms. The predicted molar refractivity (Wildman–Crippen MR) is 87.0 cm³/mol. The van der Waals surface area contributed by atoms with Gasteiger partial charge in [0.05, 0.1) is 24.6 Å². The Morgan fingerprint density at radius 3 is 2.61 bits per heavy atom. The first kappa shape index (κ1) is 16.4. The average molecular weight is 339 g/mol. The van der Waals surface area contributed by atoms with Crippen molar-refractivity contribution in [2.24, 2.45) is 5.41 Å². The highest BCUT2D eigenvalue weighted by atomic mass is 32.2. The van der Waals surface area contributed by atoms with Crippen molar-refractivity contribution in [3.8, 4) is 0 Å². The Morgan fingerprint density at radius 1 is 1.35 bits per heavy atom. The van der Waals surface area contributed by atoms with Gasteiger partial charge in [-0.1, -0.05) is 18.7 Å². The van der Waals surface area contributed by atoms with E-state index >= 15 is 0 Å². The molecule has 1 aliphatic rings. The lowest BCUT2D eigenvalue weighted by Gasteiger charge is -2.31. The number of imidazole rings is 1.